The van der Waals surface area contributed by atoms with Gasteiger partial charge in [-0.05, 0) is 24.8 Å². The highest BCUT2D eigenvalue weighted by Gasteiger charge is 2.21. The van der Waals surface area contributed by atoms with Crippen molar-refractivity contribution in [3.05, 3.63) is 35.4 Å². The monoisotopic (exact) mass is 220 g/mol. The van der Waals surface area contributed by atoms with Crippen LogP contribution >= 0.6 is 0 Å². The van der Waals surface area contributed by atoms with Crippen LogP contribution in [0, 0.1) is 0 Å². The molecule has 1 saturated heterocycles. The van der Waals surface area contributed by atoms with Gasteiger partial charge in [-0.25, -0.2) is 0 Å². The fourth-order valence-corrected chi connectivity index (χ4v) is 1.87. The Morgan fingerprint density at radius 1 is 1.19 bits per heavy atom. The molecule has 0 saturated carbocycles. The molecule has 1 fully saturated rings. The molecule has 16 heavy (non-hydrogen) atoms. The fourth-order valence-electron chi connectivity index (χ4n) is 1.87. The van der Waals surface area contributed by atoms with Crippen LogP contribution in [0.15, 0.2) is 24.3 Å². The van der Waals surface area contributed by atoms with E-state index in [2.05, 4.69) is 45.0 Å². The van der Waals surface area contributed by atoms with E-state index in [4.69, 9.17) is 9.47 Å². The van der Waals surface area contributed by atoms with Gasteiger partial charge in [0, 0.05) is 5.56 Å². The van der Waals surface area contributed by atoms with Crippen molar-refractivity contribution >= 4 is 0 Å². The molecule has 1 aromatic carbocycles. The molecule has 1 heterocycles. The predicted molar refractivity (Wildman–Crippen MR) is 64.4 cm³/mol. The summed E-state index contributed by atoms with van der Waals surface area (Å²) in [5, 5.41) is 0. The van der Waals surface area contributed by atoms with Gasteiger partial charge in [0.15, 0.2) is 6.29 Å². The summed E-state index contributed by atoms with van der Waals surface area (Å²) >= 11 is 0. The summed E-state index contributed by atoms with van der Waals surface area (Å²) in [7, 11) is 0. The van der Waals surface area contributed by atoms with Crippen molar-refractivity contribution in [1.29, 1.82) is 0 Å². The Labute approximate surface area is 97.6 Å². The van der Waals surface area contributed by atoms with Crippen molar-refractivity contribution in [2.45, 2.75) is 45.5 Å². The maximum absolute atomic E-state index is 5.75. The van der Waals surface area contributed by atoms with E-state index < -0.39 is 0 Å². The molecule has 2 heteroatoms. The van der Waals surface area contributed by atoms with Crippen molar-refractivity contribution in [1.82, 2.24) is 0 Å². The molecule has 1 aromatic rings. The molecular formula is C14H20O2. The van der Waals surface area contributed by atoms with E-state index in [0.717, 1.165) is 18.6 Å². The van der Waals surface area contributed by atoms with Gasteiger partial charge >= 0.3 is 0 Å². The first kappa shape index (κ1) is 11.6. The van der Waals surface area contributed by atoms with Crippen molar-refractivity contribution in [2.24, 2.45) is 0 Å². The summed E-state index contributed by atoms with van der Waals surface area (Å²) in [5.41, 5.74) is 2.48. The summed E-state index contributed by atoms with van der Waals surface area (Å²) in [4.78, 5) is 0. The Hall–Kier alpha value is -0.860. The third-order valence-electron chi connectivity index (χ3n) is 3.02. The third kappa shape index (κ3) is 2.63. The molecule has 2 atom stereocenters. The lowest BCUT2D eigenvalue weighted by molar-refractivity contribution is -0.212. The van der Waals surface area contributed by atoms with Crippen molar-refractivity contribution < 1.29 is 9.47 Å². The minimum atomic E-state index is -0.176. The van der Waals surface area contributed by atoms with Crippen LogP contribution in [0.4, 0.5) is 0 Å². The summed E-state index contributed by atoms with van der Waals surface area (Å²) in [6.07, 6.45) is 1.11. The molecule has 0 spiro atoms. The first-order chi connectivity index (χ1) is 7.66. The second kappa shape index (κ2) is 4.98. The predicted octanol–water partition coefficient (Wildman–Crippen LogP) is 3.63. The van der Waals surface area contributed by atoms with Crippen molar-refractivity contribution in [3.63, 3.8) is 0 Å². The number of rotatable bonds is 2. The first-order valence-electron chi connectivity index (χ1n) is 6.03. The van der Waals surface area contributed by atoms with Crippen molar-refractivity contribution in [3.8, 4) is 0 Å². The lowest BCUT2D eigenvalue weighted by Gasteiger charge is -2.28. The third-order valence-corrected chi connectivity index (χ3v) is 3.02. The number of benzene rings is 1. The molecular weight excluding hydrogens is 200 g/mol. The van der Waals surface area contributed by atoms with E-state index in [1.807, 2.05) is 0 Å². The van der Waals surface area contributed by atoms with Crippen LogP contribution in [0.25, 0.3) is 0 Å². The van der Waals surface area contributed by atoms with Gasteiger partial charge in [0.2, 0.25) is 0 Å². The average Bonchev–Trinajstić information content (AvgIpc) is 2.29. The smallest absolute Gasteiger partial charge is 0.184 e. The minimum absolute atomic E-state index is 0.176. The van der Waals surface area contributed by atoms with Gasteiger partial charge in [-0.15, -0.1) is 0 Å². The first-order valence-corrected chi connectivity index (χ1v) is 6.03. The van der Waals surface area contributed by atoms with Gasteiger partial charge in [-0.3, -0.25) is 0 Å². The zero-order valence-corrected chi connectivity index (χ0v) is 10.3. The SMILES string of the molecule is CC(C)c1ccc([C@H]2OCC[C@H](C)O2)cc1. The van der Waals surface area contributed by atoms with E-state index in [1.165, 1.54) is 5.56 Å². The zero-order chi connectivity index (χ0) is 11.5. The van der Waals surface area contributed by atoms with E-state index in [9.17, 15) is 0 Å². The van der Waals surface area contributed by atoms with Crippen LogP contribution < -0.4 is 0 Å². The molecule has 0 amide bonds. The Morgan fingerprint density at radius 3 is 2.44 bits per heavy atom. The van der Waals surface area contributed by atoms with Gasteiger partial charge in [-0.1, -0.05) is 38.1 Å². The van der Waals surface area contributed by atoms with Crippen LogP contribution in [-0.4, -0.2) is 12.7 Å². The quantitative estimate of drug-likeness (QED) is 0.757. The molecule has 0 bridgehead atoms. The van der Waals surface area contributed by atoms with E-state index in [-0.39, 0.29) is 6.29 Å². The van der Waals surface area contributed by atoms with E-state index in [1.54, 1.807) is 0 Å². The zero-order valence-electron chi connectivity index (χ0n) is 10.3. The molecule has 0 unspecified atom stereocenters. The average molecular weight is 220 g/mol. The second-order valence-electron chi connectivity index (χ2n) is 4.76. The molecule has 1 aliphatic rings. The summed E-state index contributed by atoms with van der Waals surface area (Å²) in [6, 6.07) is 8.54. The summed E-state index contributed by atoms with van der Waals surface area (Å²) in [6.45, 7) is 7.28. The highest BCUT2D eigenvalue weighted by Crippen LogP contribution is 2.27. The van der Waals surface area contributed by atoms with Gasteiger partial charge in [-0.2, -0.15) is 0 Å². The second-order valence-corrected chi connectivity index (χ2v) is 4.76. The molecule has 1 aliphatic heterocycles. The highest BCUT2D eigenvalue weighted by atomic mass is 16.7. The molecule has 0 N–H and O–H groups in total. The molecule has 0 radical (unpaired) electrons. The molecule has 2 nitrogen and oxygen atoms in total. The highest BCUT2D eigenvalue weighted by molar-refractivity contribution is 5.25. The molecule has 0 aromatic heterocycles. The number of hydrogen-bond acceptors (Lipinski definition) is 2. The topological polar surface area (TPSA) is 18.5 Å². The minimum Gasteiger partial charge on any atom is -0.348 e. The number of ether oxygens (including phenoxy) is 2. The Balaban J connectivity index is 2.09. The molecule has 0 aliphatic carbocycles. The van der Waals surface area contributed by atoms with Crippen LogP contribution in [0.2, 0.25) is 0 Å². The maximum atomic E-state index is 5.75. The Bertz CT molecular complexity index is 329. The number of hydrogen-bond donors (Lipinski definition) is 0. The summed E-state index contributed by atoms with van der Waals surface area (Å²) in [5.74, 6) is 0.571. The van der Waals surface area contributed by atoms with Gasteiger partial charge < -0.3 is 9.47 Å². The van der Waals surface area contributed by atoms with E-state index in [0.29, 0.717) is 12.0 Å². The maximum Gasteiger partial charge on any atom is 0.184 e. The van der Waals surface area contributed by atoms with Crippen LogP contribution in [0.3, 0.4) is 0 Å². The Morgan fingerprint density at radius 2 is 1.88 bits per heavy atom. The van der Waals surface area contributed by atoms with Crippen LogP contribution in [0.1, 0.15) is 50.5 Å². The van der Waals surface area contributed by atoms with Gasteiger partial charge in [0.1, 0.15) is 0 Å². The Kier molecular flexibility index (Phi) is 3.62. The van der Waals surface area contributed by atoms with E-state index >= 15 is 0 Å². The largest absolute Gasteiger partial charge is 0.348 e. The summed E-state index contributed by atoms with van der Waals surface area (Å²) < 4.78 is 11.4. The molecule has 2 rings (SSSR count). The lowest BCUT2D eigenvalue weighted by Crippen LogP contribution is -2.24. The van der Waals surface area contributed by atoms with Gasteiger partial charge in [0.25, 0.3) is 0 Å². The van der Waals surface area contributed by atoms with Crippen molar-refractivity contribution in [2.75, 3.05) is 6.61 Å². The lowest BCUT2D eigenvalue weighted by atomic mass is 10.0. The van der Waals surface area contributed by atoms with Crippen LogP contribution in [-0.2, 0) is 9.47 Å². The molecule has 88 valence electrons. The standard InChI is InChI=1S/C14H20O2/c1-10(2)12-4-6-13(7-5-12)14-15-9-8-11(3)16-14/h4-7,10-11,14H,8-9H2,1-3H3/t11-,14-/m0/s1. The van der Waals surface area contributed by atoms with Gasteiger partial charge in [0.05, 0.1) is 12.7 Å². The normalized spacial score (nSPS) is 26.0. The fraction of sp³-hybridized carbons (Fsp3) is 0.571. The van der Waals surface area contributed by atoms with Crippen LogP contribution in [0.5, 0.6) is 0 Å².